The lowest BCUT2D eigenvalue weighted by Crippen LogP contribution is -2.44. The number of aryl methyl sites for hydroxylation is 1. The van der Waals surface area contributed by atoms with Crippen LogP contribution >= 0.6 is 0 Å². The van der Waals surface area contributed by atoms with Crippen LogP contribution in [0.1, 0.15) is 38.5 Å². The second kappa shape index (κ2) is 6.02. The highest BCUT2D eigenvalue weighted by Crippen LogP contribution is 2.35. The standard InChI is InChI=1S/C15H21N5O3/c1-19-10-6-11(18-19)16-12(21)5-4-9-20-13(22)15(17-14(20)23)7-2-3-8-15/h6,10H,2-5,7-9H2,1H3,(H,17,23)(H,16,18,21). The number of amides is 4. The molecule has 1 saturated heterocycles. The van der Waals surface area contributed by atoms with Gasteiger partial charge in [-0.3, -0.25) is 19.2 Å². The second-order valence-electron chi connectivity index (χ2n) is 6.20. The molecule has 8 heteroatoms. The lowest BCUT2D eigenvalue weighted by atomic mass is 9.98. The summed E-state index contributed by atoms with van der Waals surface area (Å²) in [6.07, 6.45) is 5.78. The van der Waals surface area contributed by atoms with E-state index in [1.165, 1.54) is 4.90 Å². The molecule has 0 bridgehead atoms. The van der Waals surface area contributed by atoms with Crippen LogP contribution in [-0.2, 0) is 16.6 Å². The van der Waals surface area contributed by atoms with E-state index in [1.54, 1.807) is 24.0 Å². The van der Waals surface area contributed by atoms with Gasteiger partial charge in [-0.2, -0.15) is 5.10 Å². The molecule has 0 aromatic carbocycles. The van der Waals surface area contributed by atoms with Gasteiger partial charge in [0.05, 0.1) is 0 Å². The van der Waals surface area contributed by atoms with Crippen LogP contribution in [0, 0.1) is 0 Å². The van der Waals surface area contributed by atoms with Crippen LogP contribution in [0.4, 0.5) is 10.6 Å². The number of hydrogen-bond donors (Lipinski definition) is 2. The molecule has 1 aliphatic carbocycles. The van der Waals surface area contributed by atoms with Gasteiger partial charge in [0.2, 0.25) is 5.91 Å². The Bertz CT molecular complexity index is 633. The molecule has 0 unspecified atom stereocenters. The van der Waals surface area contributed by atoms with Crippen molar-refractivity contribution in [3.05, 3.63) is 12.3 Å². The van der Waals surface area contributed by atoms with Crippen molar-refractivity contribution < 1.29 is 14.4 Å². The third-order valence-electron chi connectivity index (χ3n) is 4.47. The summed E-state index contributed by atoms with van der Waals surface area (Å²) >= 11 is 0. The molecule has 8 nitrogen and oxygen atoms in total. The molecule has 1 spiro atoms. The molecule has 0 atom stereocenters. The zero-order valence-corrected chi connectivity index (χ0v) is 13.2. The average molecular weight is 319 g/mol. The molecule has 23 heavy (non-hydrogen) atoms. The highest BCUT2D eigenvalue weighted by Gasteiger charge is 2.51. The summed E-state index contributed by atoms with van der Waals surface area (Å²) in [4.78, 5) is 37.5. The summed E-state index contributed by atoms with van der Waals surface area (Å²) in [6.45, 7) is 0.266. The predicted molar refractivity (Wildman–Crippen MR) is 82.5 cm³/mol. The molecule has 2 aliphatic rings. The predicted octanol–water partition coefficient (Wildman–Crippen LogP) is 1.00. The van der Waals surface area contributed by atoms with Gasteiger partial charge in [0.15, 0.2) is 5.82 Å². The molecule has 1 aliphatic heterocycles. The minimum absolute atomic E-state index is 0.134. The number of urea groups is 1. The zero-order chi connectivity index (χ0) is 16.4. The zero-order valence-electron chi connectivity index (χ0n) is 13.2. The van der Waals surface area contributed by atoms with Crippen LogP contribution in [-0.4, -0.2) is 44.6 Å². The van der Waals surface area contributed by atoms with Gasteiger partial charge in [0.1, 0.15) is 5.54 Å². The highest BCUT2D eigenvalue weighted by atomic mass is 16.2. The van der Waals surface area contributed by atoms with Gasteiger partial charge >= 0.3 is 6.03 Å². The van der Waals surface area contributed by atoms with E-state index in [9.17, 15) is 14.4 Å². The highest BCUT2D eigenvalue weighted by molar-refractivity contribution is 6.07. The number of carbonyl (C=O) groups excluding carboxylic acids is 3. The Morgan fingerprint density at radius 2 is 2.13 bits per heavy atom. The van der Waals surface area contributed by atoms with E-state index in [0.717, 1.165) is 12.8 Å². The summed E-state index contributed by atoms with van der Waals surface area (Å²) in [5.41, 5.74) is -0.673. The molecular weight excluding hydrogens is 298 g/mol. The van der Waals surface area contributed by atoms with Gasteiger partial charge < -0.3 is 10.6 Å². The molecule has 2 N–H and O–H groups in total. The molecule has 4 amide bonds. The van der Waals surface area contributed by atoms with Gasteiger partial charge in [0, 0.05) is 32.3 Å². The fourth-order valence-corrected chi connectivity index (χ4v) is 3.28. The number of nitrogens with zero attached hydrogens (tertiary/aromatic N) is 3. The van der Waals surface area contributed by atoms with Gasteiger partial charge in [-0.05, 0) is 19.3 Å². The first-order valence-corrected chi connectivity index (χ1v) is 7.94. The number of hydrogen-bond acceptors (Lipinski definition) is 4. The Morgan fingerprint density at radius 1 is 1.39 bits per heavy atom. The summed E-state index contributed by atoms with van der Waals surface area (Å²) < 4.78 is 1.60. The first-order chi connectivity index (χ1) is 11.0. The van der Waals surface area contributed by atoms with E-state index in [4.69, 9.17) is 0 Å². The van der Waals surface area contributed by atoms with Crippen LogP contribution in [0.3, 0.4) is 0 Å². The first kappa shape index (κ1) is 15.5. The SMILES string of the molecule is Cn1ccc(NC(=O)CCCN2C(=O)NC3(CCCC3)C2=O)n1. The number of anilines is 1. The van der Waals surface area contributed by atoms with E-state index in [0.29, 0.717) is 25.1 Å². The van der Waals surface area contributed by atoms with Crippen molar-refractivity contribution in [2.75, 3.05) is 11.9 Å². The van der Waals surface area contributed by atoms with Crippen molar-refractivity contribution in [3.8, 4) is 0 Å². The maximum atomic E-state index is 12.4. The number of nitrogens with one attached hydrogen (secondary N) is 2. The molecule has 1 aromatic heterocycles. The van der Waals surface area contributed by atoms with Crippen LogP contribution in [0.2, 0.25) is 0 Å². The molecular formula is C15H21N5O3. The Labute approximate surface area is 134 Å². The average Bonchev–Trinajstić information content (AvgIpc) is 3.17. The fourth-order valence-electron chi connectivity index (χ4n) is 3.28. The third-order valence-corrected chi connectivity index (χ3v) is 4.47. The van der Waals surface area contributed by atoms with Crippen molar-refractivity contribution in [1.29, 1.82) is 0 Å². The summed E-state index contributed by atoms with van der Waals surface area (Å²) in [7, 11) is 1.77. The van der Waals surface area contributed by atoms with Crippen molar-refractivity contribution >= 4 is 23.7 Å². The van der Waals surface area contributed by atoms with E-state index in [1.807, 2.05) is 0 Å². The van der Waals surface area contributed by atoms with Crippen LogP contribution < -0.4 is 10.6 Å². The van der Waals surface area contributed by atoms with Gasteiger partial charge in [-0.15, -0.1) is 0 Å². The van der Waals surface area contributed by atoms with E-state index in [2.05, 4.69) is 15.7 Å². The van der Waals surface area contributed by atoms with Crippen molar-refractivity contribution in [3.63, 3.8) is 0 Å². The smallest absolute Gasteiger partial charge is 0.323 e. The number of aromatic nitrogens is 2. The third kappa shape index (κ3) is 3.06. The summed E-state index contributed by atoms with van der Waals surface area (Å²) in [6, 6.07) is 1.38. The molecule has 1 saturated carbocycles. The Hall–Kier alpha value is -2.38. The lowest BCUT2D eigenvalue weighted by Gasteiger charge is -2.19. The van der Waals surface area contributed by atoms with Crippen molar-refractivity contribution in [2.24, 2.45) is 7.05 Å². The molecule has 124 valence electrons. The van der Waals surface area contributed by atoms with Crippen molar-refractivity contribution in [2.45, 2.75) is 44.1 Å². The Morgan fingerprint density at radius 3 is 2.78 bits per heavy atom. The van der Waals surface area contributed by atoms with Gasteiger partial charge in [-0.25, -0.2) is 4.79 Å². The van der Waals surface area contributed by atoms with Crippen LogP contribution in [0.25, 0.3) is 0 Å². The molecule has 1 aromatic rings. The number of rotatable bonds is 5. The number of imide groups is 1. The molecule has 2 fully saturated rings. The molecule has 3 rings (SSSR count). The van der Waals surface area contributed by atoms with E-state index >= 15 is 0 Å². The minimum atomic E-state index is -0.673. The first-order valence-electron chi connectivity index (χ1n) is 7.94. The normalized spacial score (nSPS) is 19.4. The quantitative estimate of drug-likeness (QED) is 0.791. The van der Waals surface area contributed by atoms with E-state index in [-0.39, 0.29) is 30.8 Å². The van der Waals surface area contributed by atoms with Crippen LogP contribution in [0.15, 0.2) is 12.3 Å². The maximum absolute atomic E-state index is 12.4. The number of carbonyl (C=O) groups is 3. The maximum Gasteiger partial charge on any atom is 0.325 e. The Kier molecular flexibility index (Phi) is 4.06. The minimum Gasteiger partial charge on any atom is -0.323 e. The summed E-state index contributed by atoms with van der Waals surface area (Å²) in [5.74, 6) is 0.189. The summed E-state index contributed by atoms with van der Waals surface area (Å²) in [5, 5.41) is 9.58. The van der Waals surface area contributed by atoms with Crippen LogP contribution in [0.5, 0.6) is 0 Å². The molecule has 0 radical (unpaired) electrons. The topological polar surface area (TPSA) is 96.3 Å². The second-order valence-corrected chi connectivity index (χ2v) is 6.20. The fraction of sp³-hybridized carbons (Fsp3) is 0.600. The largest absolute Gasteiger partial charge is 0.325 e. The van der Waals surface area contributed by atoms with E-state index < -0.39 is 5.54 Å². The lowest BCUT2D eigenvalue weighted by molar-refractivity contribution is -0.131. The van der Waals surface area contributed by atoms with Gasteiger partial charge in [0.25, 0.3) is 5.91 Å². The van der Waals surface area contributed by atoms with Crippen molar-refractivity contribution in [1.82, 2.24) is 20.0 Å². The monoisotopic (exact) mass is 319 g/mol. The Balaban J connectivity index is 1.48. The molecule has 2 heterocycles. The van der Waals surface area contributed by atoms with Gasteiger partial charge in [-0.1, -0.05) is 12.8 Å².